The number of rotatable bonds is 1. The Morgan fingerprint density at radius 2 is 2.15 bits per heavy atom. The van der Waals surface area contributed by atoms with E-state index in [1.165, 1.54) is 5.84 Å². The summed E-state index contributed by atoms with van der Waals surface area (Å²) in [5.74, 6) is 2.69. The van der Waals surface area contributed by atoms with Gasteiger partial charge in [0.05, 0.1) is 13.1 Å². The van der Waals surface area contributed by atoms with Crippen molar-refractivity contribution in [3.63, 3.8) is 0 Å². The van der Waals surface area contributed by atoms with Crippen LogP contribution in [0.25, 0.3) is 0 Å². The van der Waals surface area contributed by atoms with Crippen LogP contribution in [-0.4, -0.2) is 42.9 Å². The maximum atomic E-state index is 4.48. The Labute approximate surface area is 78.7 Å². The second kappa shape index (κ2) is 3.36. The summed E-state index contributed by atoms with van der Waals surface area (Å²) in [5.41, 5.74) is 0. The second-order valence-electron chi connectivity index (χ2n) is 3.68. The van der Waals surface area contributed by atoms with E-state index in [1.54, 1.807) is 0 Å². The summed E-state index contributed by atoms with van der Waals surface area (Å²) in [6.45, 7) is 8.11. The SMILES string of the molecule is CC(C)C1=NCCN1C1=NCCN1. The van der Waals surface area contributed by atoms with E-state index in [2.05, 4.69) is 34.0 Å². The van der Waals surface area contributed by atoms with E-state index in [9.17, 15) is 0 Å². The maximum absolute atomic E-state index is 4.48. The Morgan fingerprint density at radius 1 is 1.31 bits per heavy atom. The standard InChI is InChI=1S/C9H16N4/c1-7(2)8-10-5-6-13(8)9-11-3-4-12-9/h7H,3-6H2,1-2H3,(H,11,12). The number of aliphatic imine (C=N–C) groups is 2. The van der Waals surface area contributed by atoms with Gasteiger partial charge in [-0.15, -0.1) is 0 Å². The predicted molar refractivity (Wildman–Crippen MR) is 54.2 cm³/mol. The molecule has 0 bridgehead atoms. The lowest BCUT2D eigenvalue weighted by atomic mass is 10.2. The van der Waals surface area contributed by atoms with Crippen LogP contribution in [0.1, 0.15) is 13.8 Å². The smallest absolute Gasteiger partial charge is 0.199 e. The molecule has 0 amide bonds. The van der Waals surface area contributed by atoms with Crippen LogP contribution in [-0.2, 0) is 0 Å². The molecular weight excluding hydrogens is 164 g/mol. The highest BCUT2D eigenvalue weighted by atomic mass is 15.4. The average molecular weight is 180 g/mol. The summed E-state index contributed by atoms with van der Waals surface area (Å²) >= 11 is 0. The topological polar surface area (TPSA) is 40.0 Å². The summed E-state index contributed by atoms with van der Waals surface area (Å²) in [7, 11) is 0. The normalized spacial score (nSPS) is 21.9. The molecule has 0 saturated carbocycles. The highest BCUT2D eigenvalue weighted by Gasteiger charge is 2.24. The number of guanidine groups is 1. The summed E-state index contributed by atoms with van der Waals surface area (Å²) < 4.78 is 0. The molecule has 4 heteroatoms. The van der Waals surface area contributed by atoms with Crippen molar-refractivity contribution < 1.29 is 0 Å². The number of hydrogen-bond acceptors (Lipinski definition) is 4. The predicted octanol–water partition coefficient (Wildman–Crippen LogP) is 0.316. The summed E-state index contributed by atoms with van der Waals surface area (Å²) in [6.07, 6.45) is 0. The molecule has 0 unspecified atom stereocenters. The number of nitrogens with zero attached hydrogens (tertiary/aromatic N) is 3. The molecule has 4 nitrogen and oxygen atoms in total. The molecule has 0 atom stereocenters. The molecule has 0 fully saturated rings. The van der Waals surface area contributed by atoms with Crippen LogP contribution >= 0.6 is 0 Å². The third-order valence-electron chi connectivity index (χ3n) is 2.30. The fraction of sp³-hybridized carbons (Fsp3) is 0.778. The van der Waals surface area contributed by atoms with Crippen molar-refractivity contribution in [3.05, 3.63) is 0 Å². The molecule has 0 spiro atoms. The molecule has 72 valence electrons. The van der Waals surface area contributed by atoms with Crippen LogP contribution in [0.5, 0.6) is 0 Å². The molecule has 2 aliphatic rings. The number of amidine groups is 1. The molecule has 0 aliphatic carbocycles. The van der Waals surface area contributed by atoms with Gasteiger partial charge in [0, 0.05) is 19.0 Å². The van der Waals surface area contributed by atoms with Gasteiger partial charge in [-0.05, 0) is 0 Å². The van der Waals surface area contributed by atoms with E-state index < -0.39 is 0 Å². The Morgan fingerprint density at radius 3 is 2.77 bits per heavy atom. The second-order valence-corrected chi connectivity index (χ2v) is 3.68. The molecule has 1 N–H and O–H groups in total. The number of nitrogens with one attached hydrogen (secondary N) is 1. The molecule has 0 aromatic carbocycles. The van der Waals surface area contributed by atoms with Crippen LogP contribution in [0.4, 0.5) is 0 Å². The van der Waals surface area contributed by atoms with Crippen LogP contribution in [0.2, 0.25) is 0 Å². The molecule has 13 heavy (non-hydrogen) atoms. The molecule has 2 heterocycles. The fourth-order valence-electron chi connectivity index (χ4n) is 1.74. The first-order valence-corrected chi connectivity index (χ1v) is 4.89. The van der Waals surface area contributed by atoms with E-state index in [0.717, 1.165) is 32.1 Å². The molecule has 2 rings (SSSR count). The van der Waals surface area contributed by atoms with Gasteiger partial charge in [-0.3, -0.25) is 14.9 Å². The van der Waals surface area contributed by atoms with Crippen molar-refractivity contribution in [2.24, 2.45) is 15.9 Å². The van der Waals surface area contributed by atoms with Gasteiger partial charge in [-0.1, -0.05) is 13.8 Å². The zero-order chi connectivity index (χ0) is 9.26. The Kier molecular flexibility index (Phi) is 2.20. The minimum Gasteiger partial charge on any atom is -0.354 e. The Bertz CT molecular complexity index is 254. The Hall–Kier alpha value is -1.06. The first-order valence-electron chi connectivity index (χ1n) is 4.89. The molecular formula is C9H16N4. The first kappa shape index (κ1) is 8.53. The van der Waals surface area contributed by atoms with Crippen molar-refractivity contribution in [2.45, 2.75) is 13.8 Å². The van der Waals surface area contributed by atoms with Crippen molar-refractivity contribution in [1.82, 2.24) is 10.2 Å². The molecule has 0 aromatic rings. The fourth-order valence-corrected chi connectivity index (χ4v) is 1.74. The van der Waals surface area contributed by atoms with Crippen molar-refractivity contribution in [1.29, 1.82) is 0 Å². The monoisotopic (exact) mass is 180 g/mol. The van der Waals surface area contributed by atoms with Gasteiger partial charge in [0.2, 0.25) is 0 Å². The first-order chi connectivity index (χ1) is 6.29. The van der Waals surface area contributed by atoms with Crippen molar-refractivity contribution in [2.75, 3.05) is 26.2 Å². The molecule has 0 radical (unpaired) electrons. The van der Waals surface area contributed by atoms with Crippen LogP contribution < -0.4 is 5.32 Å². The summed E-state index contributed by atoms with van der Waals surface area (Å²) in [5, 5.41) is 3.28. The quantitative estimate of drug-likeness (QED) is 0.631. The largest absolute Gasteiger partial charge is 0.354 e. The van der Waals surface area contributed by atoms with Crippen LogP contribution in [0, 0.1) is 5.92 Å². The Balaban J connectivity index is 2.11. The average Bonchev–Trinajstić information content (AvgIpc) is 2.74. The lowest BCUT2D eigenvalue weighted by Crippen LogP contribution is -2.42. The van der Waals surface area contributed by atoms with Gasteiger partial charge in [-0.2, -0.15) is 0 Å². The maximum Gasteiger partial charge on any atom is 0.199 e. The van der Waals surface area contributed by atoms with Gasteiger partial charge in [-0.25, -0.2) is 0 Å². The lowest BCUT2D eigenvalue weighted by molar-refractivity contribution is 0.608. The van der Waals surface area contributed by atoms with Crippen molar-refractivity contribution in [3.8, 4) is 0 Å². The summed E-state index contributed by atoms with van der Waals surface area (Å²) in [6, 6.07) is 0. The van der Waals surface area contributed by atoms with E-state index in [0.29, 0.717) is 5.92 Å². The lowest BCUT2D eigenvalue weighted by Gasteiger charge is -2.22. The van der Waals surface area contributed by atoms with Crippen LogP contribution in [0.15, 0.2) is 9.98 Å². The van der Waals surface area contributed by atoms with E-state index in [4.69, 9.17) is 0 Å². The van der Waals surface area contributed by atoms with E-state index in [-0.39, 0.29) is 0 Å². The molecule has 2 aliphatic heterocycles. The third kappa shape index (κ3) is 1.53. The molecule has 0 saturated heterocycles. The summed E-state index contributed by atoms with van der Waals surface area (Å²) in [4.78, 5) is 11.1. The van der Waals surface area contributed by atoms with Crippen LogP contribution in [0.3, 0.4) is 0 Å². The van der Waals surface area contributed by atoms with E-state index >= 15 is 0 Å². The zero-order valence-electron chi connectivity index (χ0n) is 8.25. The minimum atomic E-state index is 0.493. The van der Waals surface area contributed by atoms with Crippen molar-refractivity contribution >= 4 is 11.8 Å². The third-order valence-corrected chi connectivity index (χ3v) is 2.30. The highest BCUT2D eigenvalue weighted by molar-refractivity contribution is 6.02. The van der Waals surface area contributed by atoms with Gasteiger partial charge in [0.1, 0.15) is 5.84 Å². The van der Waals surface area contributed by atoms with Gasteiger partial charge in [0.15, 0.2) is 5.96 Å². The van der Waals surface area contributed by atoms with Gasteiger partial charge < -0.3 is 5.32 Å². The number of hydrogen-bond donors (Lipinski definition) is 1. The highest BCUT2D eigenvalue weighted by Crippen LogP contribution is 2.11. The van der Waals surface area contributed by atoms with E-state index in [1.807, 2.05) is 0 Å². The molecule has 0 aromatic heterocycles. The van der Waals surface area contributed by atoms with Gasteiger partial charge in [0.25, 0.3) is 0 Å². The minimum absolute atomic E-state index is 0.493. The van der Waals surface area contributed by atoms with Gasteiger partial charge >= 0.3 is 0 Å². The zero-order valence-corrected chi connectivity index (χ0v) is 8.25.